The topological polar surface area (TPSA) is 111 Å². The molecular formula is C61H93NO10. The summed E-state index contributed by atoms with van der Waals surface area (Å²) in [6.07, 6.45) is 7.62. The second-order valence-corrected chi connectivity index (χ2v) is 23.0. The maximum absolute atomic E-state index is 12.2. The molecule has 11 nitrogen and oxygen atoms in total. The minimum Gasteiger partial charge on any atom is -0.493 e. The van der Waals surface area contributed by atoms with Crippen molar-refractivity contribution in [2.24, 2.45) is 5.41 Å². The van der Waals surface area contributed by atoms with Crippen LogP contribution >= 0.6 is 0 Å². The number of hydrogen-bond donors (Lipinski definition) is 0. The smallest absolute Gasteiger partial charge is 0.330 e. The lowest BCUT2D eigenvalue weighted by molar-refractivity contribution is -0.163. The molecule has 0 fully saturated rings. The molecule has 3 aromatic carbocycles. The van der Waals surface area contributed by atoms with E-state index in [9.17, 15) is 9.59 Å². The summed E-state index contributed by atoms with van der Waals surface area (Å²) >= 11 is 0. The molecule has 3 aromatic rings. The Bertz CT molecular complexity index is 2070. The Morgan fingerprint density at radius 3 is 1.33 bits per heavy atom. The zero-order chi connectivity index (χ0) is 53.9. The third kappa shape index (κ3) is 20.8. The maximum Gasteiger partial charge on any atom is 0.330 e. The number of ether oxygens (including phenoxy) is 8. The van der Waals surface area contributed by atoms with Gasteiger partial charge < -0.3 is 37.9 Å². The SMILES string of the molecule is C=CC(=O)OC(C)(C)C(COC(C)(C)N(C)CCCOC(C)(C)CCOc1ccc(OCCC(C)(C)OCCCCC(C)(C)C(C)(C)OCC(c2ccccc2)C(C)(C)OC(=O)C=C)cc1)c1ccccc1. The average Bonchev–Trinajstić information content (AvgIpc) is 3.30. The van der Waals surface area contributed by atoms with Crippen molar-refractivity contribution in [1.82, 2.24) is 4.90 Å². The van der Waals surface area contributed by atoms with Crippen LogP contribution in [0.4, 0.5) is 0 Å². The fraction of sp³-hybridized carbons (Fsp3) is 0.607. The van der Waals surface area contributed by atoms with Crippen molar-refractivity contribution in [3.05, 3.63) is 121 Å². The highest BCUT2D eigenvalue weighted by molar-refractivity contribution is 5.82. The van der Waals surface area contributed by atoms with Crippen LogP contribution in [0, 0.1) is 5.41 Å². The molecule has 0 aromatic heterocycles. The maximum atomic E-state index is 12.2. The summed E-state index contributed by atoms with van der Waals surface area (Å²) in [5.41, 5.74) is -1.33. The van der Waals surface area contributed by atoms with Gasteiger partial charge in [0.25, 0.3) is 0 Å². The van der Waals surface area contributed by atoms with Crippen molar-refractivity contribution in [3.63, 3.8) is 0 Å². The van der Waals surface area contributed by atoms with Crippen molar-refractivity contribution in [1.29, 1.82) is 0 Å². The first-order chi connectivity index (χ1) is 33.6. The molecule has 2 atom stereocenters. The Morgan fingerprint density at radius 1 is 0.514 bits per heavy atom. The highest BCUT2D eigenvalue weighted by Crippen LogP contribution is 2.41. The van der Waals surface area contributed by atoms with Crippen molar-refractivity contribution >= 4 is 11.9 Å². The molecule has 0 aliphatic rings. The van der Waals surface area contributed by atoms with Gasteiger partial charge in [0.1, 0.15) is 28.4 Å². The summed E-state index contributed by atoms with van der Waals surface area (Å²) in [5.74, 6) is 0.325. The molecule has 0 amide bonds. The van der Waals surface area contributed by atoms with Gasteiger partial charge in [-0.25, -0.2) is 9.59 Å². The van der Waals surface area contributed by atoms with Crippen LogP contribution < -0.4 is 9.47 Å². The normalized spacial score (nSPS) is 13.8. The largest absolute Gasteiger partial charge is 0.493 e. The van der Waals surface area contributed by atoms with Crippen LogP contribution in [0.1, 0.15) is 158 Å². The molecule has 0 aliphatic carbocycles. The number of hydrogen-bond acceptors (Lipinski definition) is 11. The zero-order valence-electron chi connectivity index (χ0n) is 47.0. The molecule has 0 saturated heterocycles. The Balaban J connectivity index is 1.34. The second kappa shape index (κ2) is 27.7. The van der Waals surface area contributed by atoms with Crippen LogP contribution in [0.25, 0.3) is 0 Å². The summed E-state index contributed by atoms with van der Waals surface area (Å²) in [6.45, 7) is 40.0. The molecule has 402 valence electrons. The van der Waals surface area contributed by atoms with E-state index in [4.69, 9.17) is 37.9 Å². The molecule has 2 unspecified atom stereocenters. The van der Waals surface area contributed by atoms with Gasteiger partial charge in [-0.05, 0) is 150 Å². The van der Waals surface area contributed by atoms with Gasteiger partial charge in [-0.1, -0.05) is 94.1 Å². The molecular weight excluding hydrogens is 907 g/mol. The van der Waals surface area contributed by atoms with Gasteiger partial charge in [0.15, 0.2) is 0 Å². The number of rotatable bonds is 35. The van der Waals surface area contributed by atoms with Crippen LogP contribution in [-0.4, -0.2) is 104 Å². The van der Waals surface area contributed by atoms with Gasteiger partial charge in [0.2, 0.25) is 0 Å². The molecule has 11 heteroatoms. The first kappa shape index (κ1) is 61.8. The number of unbranched alkanes of at least 4 members (excludes halogenated alkanes) is 1. The lowest BCUT2D eigenvalue weighted by atomic mass is 9.73. The molecule has 0 heterocycles. The number of carbonyl (C=O) groups is 2. The standard InChI is InChI=1S/C61H93NO10/c1-18-53(63)71-58(9,10)51(47-29-22-20-23-30-47)45-69-60(13,14)55(3,4)37-26-27-41-67-56(5,6)38-43-65-49-33-35-50(36-34-49)66-44-39-57(7,8)68-42-28-40-62(17)61(15,16)70-46-52(48-31-24-21-25-32-48)59(11,12)72-54(64)19-2/h18-25,29-36,51-52H,1-2,26-28,37-46H2,3-17H3. The van der Waals surface area contributed by atoms with Gasteiger partial charge in [0, 0.05) is 56.6 Å². The van der Waals surface area contributed by atoms with E-state index in [1.54, 1.807) is 0 Å². The van der Waals surface area contributed by atoms with Gasteiger partial charge in [-0.15, -0.1) is 0 Å². The zero-order valence-corrected chi connectivity index (χ0v) is 47.0. The van der Waals surface area contributed by atoms with E-state index >= 15 is 0 Å². The van der Waals surface area contributed by atoms with E-state index in [-0.39, 0.29) is 28.5 Å². The third-order valence-electron chi connectivity index (χ3n) is 14.5. The average molecular weight is 1000 g/mol. The first-order valence-electron chi connectivity index (χ1n) is 26.0. The van der Waals surface area contributed by atoms with Crippen LogP contribution in [0.2, 0.25) is 0 Å². The second-order valence-electron chi connectivity index (χ2n) is 23.0. The molecule has 0 radical (unpaired) electrons. The lowest BCUT2D eigenvalue weighted by Gasteiger charge is -2.44. The van der Waals surface area contributed by atoms with E-state index < -0.39 is 34.5 Å². The fourth-order valence-electron chi connectivity index (χ4n) is 8.24. The fourth-order valence-corrected chi connectivity index (χ4v) is 8.24. The van der Waals surface area contributed by atoms with Crippen LogP contribution in [0.5, 0.6) is 11.5 Å². The molecule has 3 rings (SSSR count). The Morgan fingerprint density at radius 2 is 0.917 bits per heavy atom. The van der Waals surface area contributed by atoms with Gasteiger partial charge >= 0.3 is 11.9 Å². The van der Waals surface area contributed by atoms with Crippen molar-refractivity contribution in [2.75, 3.05) is 53.2 Å². The first-order valence-corrected chi connectivity index (χ1v) is 26.0. The van der Waals surface area contributed by atoms with Gasteiger partial charge in [-0.2, -0.15) is 0 Å². The molecule has 72 heavy (non-hydrogen) atoms. The predicted octanol–water partition coefficient (Wildman–Crippen LogP) is 13.5. The van der Waals surface area contributed by atoms with Gasteiger partial charge in [0.05, 0.1) is 43.2 Å². The molecule has 0 aliphatic heterocycles. The minimum absolute atomic E-state index is 0.124. The van der Waals surface area contributed by atoms with E-state index in [2.05, 4.69) is 106 Å². The molecule has 0 saturated carbocycles. The highest BCUT2D eigenvalue weighted by atomic mass is 16.6. The summed E-state index contributed by atoms with van der Waals surface area (Å²) in [6, 6.07) is 27.9. The Hall–Kier alpha value is -4.52. The monoisotopic (exact) mass is 1000 g/mol. The Kier molecular flexibility index (Phi) is 23.7. The number of nitrogens with zero attached hydrogens (tertiary/aromatic N) is 1. The number of benzene rings is 3. The molecule has 0 bridgehead atoms. The van der Waals surface area contributed by atoms with Crippen molar-refractivity contribution in [3.8, 4) is 11.5 Å². The summed E-state index contributed by atoms with van der Waals surface area (Å²) in [5, 5.41) is 0. The van der Waals surface area contributed by atoms with Crippen molar-refractivity contribution in [2.45, 2.75) is 181 Å². The molecule has 0 spiro atoms. The summed E-state index contributed by atoms with van der Waals surface area (Å²) in [7, 11) is 2.05. The van der Waals surface area contributed by atoms with Gasteiger partial charge in [-0.3, -0.25) is 4.90 Å². The van der Waals surface area contributed by atoms with E-state index in [0.717, 1.165) is 67.7 Å². The van der Waals surface area contributed by atoms with Crippen LogP contribution in [-0.2, 0) is 38.0 Å². The van der Waals surface area contributed by atoms with E-state index in [0.29, 0.717) is 39.6 Å². The van der Waals surface area contributed by atoms with Crippen LogP contribution in [0.3, 0.4) is 0 Å². The number of carbonyl (C=O) groups excluding carboxylic acids is 2. The predicted molar refractivity (Wildman–Crippen MR) is 291 cm³/mol. The van der Waals surface area contributed by atoms with E-state index in [1.807, 2.05) is 100 Å². The quantitative estimate of drug-likeness (QED) is 0.0243. The number of esters is 2. The van der Waals surface area contributed by atoms with Crippen LogP contribution in [0.15, 0.2) is 110 Å². The summed E-state index contributed by atoms with van der Waals surface area (Å²) < 4.78 is 49.7. The lowest BCUT2D eigenvalue weighted by Crippen LogP contribution is -2.47. The minimum atomic E-state index is -0.808. The third-order valence-corrected chi connectivity index (χ3v) is 14.5. The summed E-state index contributed by atoms with van der Waals surface area (Å²) in [4.78, 5) is 26.6. The highest BCUT2D eigenvalue weighted by Gasteiger charge is 2.41. The van der Waals surface area contributed by atoms with Crippen molar-refractivity contribution < 1.29 is 47.5 Å². The molecule has 0 N–H and O–H groups in total. The Labute approximate surface area is 435 Å². The van der Waals surface area contributed by atoms with E-state index in [1.165, 1.54) is 12.2 Å².